The van der Waals surface area contributed by atoms with Gasteiger partial charge in [-0.3, -0.25) is 14.6 Å². The first-order chi connectivity index (χ1) is 12.6. The van der Waals surface area contributed by atoms with Crippen molar-refractivity contribution in [2.75, 3.05) is 5.32 Å². The summed E-state index contributed by atoms with van der Waals surface area (Å²) >= 11 is 13.5. The summed E-state index contributed by atoms with van der Waals surface area (Å²) in [6.45, 7) is 0.731. The molecule has 0 bridgehead atoms. The van der Waals surface area contributed by atoms with E-state index in [4.69, 9.17) is 28.0 Å². The summed E-state index contributed by atoms with van der Waals surface area (Å²) in [5.41, 5.74) is 6.14. The largest absolute Gasteiger partial charge is 0.379 e. The van der Waals surface area contributed by atoms with Crippen molar-refractivity contribution in [3.8, 4) is 0 Å². The third-order valence-electron chi connectivity index (χ3n) is 3.52. The molecule has 0 saturated carbocycles. The lowest BCUT2D eigenvalue weighted by Crippen LogP contribution is -2.24. The van der Waals surface area contributed by atoms with Gasteiger partial charge in [-0.1, -0.05) is 41.4 Å². The predicted octanol–water partition coefficient (Wildman–Crippen LogP) is 4.92. The summed E-state index contributed by atoms with van der Waals surface area (Å²) < 4.78 is 0. The van der Waals surface area contributed by atoms with Crippen LogP contribution in [-0.4, -0.2) is 10.9 Å². The summed E-state index contributed by atoms with van der Waals surface area (Å²) in [5, 5.41) is 4.27. The molecule has 1 aromatic heterocycles. The standard InChI is InChI=1S/C18H15Cl2N3O2S/c19-13-6-5-12(16(20)7-13)10-25-23-18(24)15-3-1-2-4-17(15)22-9-14-8-21-11-26-14/h1-8,11,22H,9-10H2,(H,23,24). The summed E-state index contributed by atoms with van der Waals surface area (Å²) in [6.07, 6.45) is 1.79. The van der Waals surface area contributed by atoms with E-state index >= 15 is 0 Å². The second-order valence-electron chi connectivity index (χ2n) is 5.32. The average Bonchev–Trinajstić information content (AvgIpc) is 3.15. The second kappa shape index (κ2) is 9.00. The molecular formula is C18H15Cl2N3O2S. The number of nitrogens with one attached hydrogen (secondary N) is 2. The topological polar surface area (TPSA) is 63.2 Å². The normalized spacial score (nSPS) is 10.5. The van der Waals surface area contributed by atoms with Crippen LogP contribution in [0.1, 0.15) is 20.8 Å². The number of hydroxylamine groups is 1. The molecule has 0 radical (unpaired) electrons. The highest BCUT2D eigenvalue weighted by Gasteiger charge is 2.11. The van der Waals surface area contributed by atoms with Crippen LogP contribution in [0.4, 0.5) is 5.69 Å². The number of amides is 1. The first-order valence-corrected chi connectivity index (χ1v) is 9.33. The number of benzene rings is 2. The van der Waals surface area contributed by atoms with E-state index in [0.717, 1.165) is 10.4 Å². The number of hydrogen-bond donors (Lipinski definition) is 2. The number of aromatic nitrogens is 1. The lowest BCUT2D eigenvalue weighted by atomic mass is 10.1. The molecule has 26 heavy (non-hydrogen) atoms. The van der Waals surface area contributed by atoms with E-state index < -0.39 is 0 Å². The van der Waals surface area contributed by atoms with Gasteiger partial charge < -0.3 is 5.32 Å². The van der Waals surface area contributed by atoms with Crippen molar-refractivity contribution in [3.05, 3.63) is 80.2 Å². The third kappa shape index (κ3) is 4.95. The average molecular weight is 408 g/mol. The van der Waals surface area contributed by atoms with Gasteiger partial charge in [0.1, 0.15) is 6.61 Å². The maximum absolute atomic E-state index is 12.4. The number of thiazole rings is 1. The summed E-state index contributed by atoms with van der Waals surface area (Å²) in [4.78, 5) is 22.8. The Morgan fingerprint density at radius 1 is 1.19 bits per heavy atom. The highest BCUT2D eigenvalue weighted by atomic mass is 35.5. The van der Waals surface area contributed by atoms with Gasteiger partial charge in [0.05, 0.1) is 17.6 Å². The van der Waals surface area contributed by atoms with Gasteiger partial charge in [-0.25, -0.2) is 5.48 Å². The zero-order valence-corrected chi connectivity index (χ0v) is 15.9. The quantitative estimate of drug-likeness (QED) is 0.545. The van der Waals surface area contributed by atoms with Crippen molar-refractivity contribution in [3.63, 3.8) is 0 Å². The number of hydrogen-bond acceptors (Lipinski definition) is 5. The van der Waals surface area contributed by atoms with Crippen molar-refractivity contribution < 1.29 is 9.63 Å². The Labute approximate surface area is 164 Å². The van der Waals surface area contributed by atoms with Crippen LogP contribution in [0.25, 0.3) is 0 Å². The molecule has 2 aromatic carbocycles. The van der Waals surface area contributed by atoms with E-state index in [-0.39, 0.29) is 12.5 Å². The highest BCUT2D eigenvalue weighted by Crippen LogP contribution is 2.21. The zero-order chi connectivity index (χ0) is 18.4. The van der Waals surface area contributed by atoms with Crippen molar-refractivity contribution in [2.45, 2.75) is 13.2 Å². The number of nitrogens with zero attached hydrogens (tertiary/aromatic N) is 1. The van der Waals surface area contributed by atoms with Crippen LogP contribution >= 0.6 is 34.5 Å². The first-order valence-electron chi connectivity index (χ1n) is 7.70. The van der Waals surface area contributed by atoms with E-state index in [1.54, 1.807) is 53.4 Å². The smallest absolute Gasteiger partial charge is 0.276 e. The van der Waals surface area contributed by atoms with Gasteiger partial charge in [0.15, 0.2) is 0 Å². The monoisotopic (exact) mass is 407 g/mol. The predicted molar refractivity (Wildman–Crippen MR) is 105 cm³/mol. The molecule has 0 spiro atoms. The van der Waals surface area contributed by atoms with Gasteiger partial charge >= 0.3 is 0 Å². The minimum Gasteiger partial charge on any atom is -0.379 e. The molecule has 1 amide bonds. The van der Waals surface area contributed by atoms with E-state index in [1.165, 1.54) is 0 Å². The SMILES string of the molecule is O=C(NOCc1ccc(Cl)cc1Cl)c1ccccc1NCc1cncs1. The molecule has 0 fully saturated rings. The summed E-state index contributed by atoms with van der Waals surface area (Å²) in [7, 11) is 0. The Balaban J connectivity index is 1.59. The number of anilines is 1. The van der Waals surface area contributed by atoms with Crippen LogP contribution in [0, 0.1) is 0 Å². The fraction of sp³-hybridized carbons (Fsp3) is 0.111. The lowest BCUT2D eigenvalue weighted by molar-refractivity contribution is 0.0234. The van der Waals surface area contributed by atoms with Crippen LogP contribution in [0.5, 0.6) is 0 Å². The summed E-state index contributed by atoms with van der Waals surface area (Å²) in [5.74, 6) is -0.345. The molecule has 5 nitrogen and oxygen atoms in total. The molecule has 0 aliphatic heterocycles. The molecule has 0 saturated heterocycles. The Morgan fingerprint density at radius 2 is 2.04 bits per heavy atom. The second-order valence-corrected chi connectivity index (χ2v) is 7.14. The van der Waals surface area contributed by atoms with Gasteiger partial charge in [-0.15, -0.1) is 11.3 Å². The zero-order valence-electron chi connectivity index (χ0n) is 13.5. The maximum Gasteiger partial charge on any atom is 0.276 e. The number of halogens is 2. The van der Waals surface area contributed by atoms with E-state index in [1.807, 2.05) is 12.1 Å². The maximum atomic E-state index is 12.4. The molecule has 1 heterocycles. The number of carbonyl (C=O) groups excluding carboxylic acids is 1. The minimum absolute atomic E-state index is 0.137. The number of para-hydroxylation sites is 1. The highest BCUT2D eigenvalue weighted by molar-refractivity contribution is 7.09. The molecular weight excluding hydrogens is 393 g/mol. The van der Waals surface area contributed by atoms with Gasteiger partial charge in [-0.2, -0.15) is 0 Å². The van der Waals surface area contributed by atoms with Gasteiger partial charge in [0, 0.05) is 26.8 Å². The third-order valence-corrected chi connectivity index (χ3v) is 4.88. The van der Waals surface area contributed by atoms with Crippen LogP contribution in [0.2, 0.25) is 10.0 Å². The molecule has 0 unspecified atom stereocenters. The van der Waals surface area contributed by atoms with Crippen molar-refractivity contribution in [1.82, 2.24) is 10.5 Å². The molecule has 134 valence electrons. The Morgan fingerprint density at radius 3 is 2.81 bits per heavy atom. The molecule has 0 aliphatic rings. The lowest BCUT2D eigenvalue weighted by Gasteiger charge is -2.12. The van der Waals surface area contributed by atoms with Crippen LogP contribution in [-0.2, 0) is 18.0 Å². The van der Waals surface area contributed by atoms with Crippen molar-refractivity contribution >= 4 is 46.1 Å². The molecule has 0 aliphatic carbocycles. The van der Waals surface area contributed by atoms with Crippen molar-refractivity contribution in [1.29, 1.82) is 0 Å². The van der Waals surface area contributed by atoms with Gasteiger partial charge in [0.2, 0.25) is 0 Å². The molecule has 8 heteroatoms. The molecule has 3 aromatic rings. The fourth-order valence-electron chi connectivity index (χ4n) is 2.22. The van der Waals surface area contributed by atoms with E-state index in [0.29, 0.717) is 27.8 Å². The Kier molecular flexibility index (Phi) is 6.46. The van der Waals surface area contributed by atoms with Gasteiger partial charge in [0.25, 0.3) is 5.91 Å². The molecule has 3 rings (SSSR count). The van der Waals surface area contributed by atoms with Crippen LogP contribution in [0.15, 0.2) is 54.2 Å². The number of carbonyl (C=O) groups is 1. The van der Waals surface area contributed by atoms with Crippen LogP contribution < -0.4 is 10.8 Å². The first kappa shape index (κ1) is 18.7. The van der Waals surface area contributed by atoms with E-state index in [9.17, 15) is 4.79 Å². The van der Waals surface area contributed by atoms with E-state index in [2.05, 4.69) is 15.8 Å². The van der Waals surface area contributed by atoms with Gasteiger partial charge in [-0.05, 0) is 29.8 Å². The molecule has 0 atom stereocenters. The Bertz CT molecular complexity index is 888. The van der Waals surface area contributed by atoms with Crippen LogP contribution in [0.3, 0.4) is 0 Å². The van der Waals surface area contributed by atoms with Crippen molar-refractivity contribution in [2.24, 2.45) is 0 Å². The molecule has 2 N–H and O–H groups in total. The number of rotatable bonds is 7. The fourth-order valence-corrected chi connectivity index (χ4v) is 3.22. The Hall–Kier alpha value is -2.12. The minimum atomic E-state index is -0.345. The summed E-state index contributed by atoms with van der Waals surface area (Å²) in [6, 6.07) is 12.3.